The van der Waals surface area contributed by atoms with E-state index in [0.717, 1.165) is 44.3 Å². The lowest BCUT2D eigenvalue weighted by molar-refractivity contribution is 0.375. The summed E-state index contributed by atoms with van der Waals surface area (Å²) in [4.78, 5) is 6.54. The predicted molar refractivity (Wildman–Crippen MR) is 76.8 cm³/mol. The van der Waals surface area contributed by atoms with Gasteiger partial charge in [-0.1, -0.05) is 6.92 Å². The van der Waals surface area contributed by atoms with Crippen LogP contribution in [0.3, 0.4) is 0 Å². The molecule has 2 N–H and O–H groups in total. The first-order chi connectivity index (χ1) is 9.26. The number of nitrogens with zero attached hydrogens (tertiary/aromatic N) is 3. The maximum atomic E-state index is 9.22. The maximum Gasteiger partial charge on any atom is 0.163 e. The molecular weight excluding hydrogens is 236 g/mol. The molecule has 0 saturated heterocycles. The van der Waals surface area contributed by atoms with E-state index in [-0.39, 0.29) is 0 Å². The molecule has 4 nitrogen and oxygen atoms in total. The van der Waals surface area contributed by atoms with E-state index < -0.39 is 0 Å². The summed E-state index contributed by atoms with van der Waals surface area (Å²) >= 11 is 0. The summed E-state index contributed by atoms with van der Waals surface area (Å²) in [5.74, 6) is 0. The number of nitriles is 1. The van der Waals surface area contributed by atoms with Crippen molar-refractivity contribution in [2.75, 3.05) is 11.4 Å². The number of nitrogens with two attached hydrogens (primary N) is 1. The summed E-state index contributed by atoms with van der Waals surface area (Å²) in [6.45, 7) is 3.14. The van der Waals surface area contributed by atoms with Crippen LogP contribution in [0, 0.1) is 11.3 Å². The molecule has 1 heterocycles. The van der Waals surface area contributed by atoms with Gasteiger partial charge in [-0.25, -0.2) is 4.98 Å². The third kappa shape index (κ3) is 3.24. The fourth-order valence-electron chi connectivity index (χ4n) is 2.87. The summed E-state index contributed by atoms with van der Waals surface area (Å²) in [5, 5.41) is 9.22. The molecule has 0 amide bonds. The van der Waals surface area contributed by atoms with Crippen molar-refractivity contribution >= 4 is 5.69 Å². The van der Waals surface area contributed by atoms with Crippen LogP contribution in [0.15, 0.2) is 18.3 Å². The van der Waals surface area contributed by atoms with Crippen molar-refractivity contribution in [3.63, 3.8) is 0 Å². The van der Waals surface area contributed by atoms with Gasteiger partial charge < -0.3 is 10.6 Å². The van der Waals surface area contributed by atoms with E-state index in [2.05, 4.69) is 22.9 Å². The monoisotopic (exact) mass is 258 g/mol. The van der Waals surface area contributed by atoms with Crippen LogP contribution in [0.5, 0.6) is 0 Å². The zero-order valence-corrected chi connectivity index (χ0v) is 11.5. The van der Waals surface area contributed by atoms with Crippen LogP contribution in [0.2, 0.25) is 0 Å². The second kappa shape index (κ2) is 6.53. The molecular formula is C15H22N4. The van der Waals surface area contributed by atoms with Gasteiger partial charge >= 0.3 is 0 Å². The fraction of sp³-hybridized carbons (Fsp3) is 0.600. The average molecular weight is 258 g/mol. The number of hydrogen-bond donors (Lipinski definition) is 1. The van der Waals surface area contributed by atoms with Gasteiger partial charge in [0.2, 0.25) is 0 Å². The number of aromatic nitrogens is 1. The molecule has 1 aromatic heterocycles. The van der Waals surface area contributed by atoms with Crippen LogP contribution < -0.4 is 10.6 Å². The molecule has 0 spiro atoms. The zero-order chi connectivity index (χ0) is 13.7. The minimum Gasteiger partial charge on any atom is -0.366 e. The lowest BCUT2D eigenvalue weighted by Gasteiger charge is -2.37. The van der Waals surface area contributed by atoms with Crippen LogP contribution in [-0.4, -0.2) is 23.6 Å². The molecule has 0 atom stereocenters. The molecule has 19 heavy (non-hydrogen) atoms. The Morgan fingerprint density at radius 3 is 2.79 bits per heavy atom. The van der Waals surface area contributed by atoms with Crippen molar-refractivity contribution in [3.8, 4) is 6.07 Å². The smallest absolute Gasteiger partial charge is 0.163 e. The van der Waals surface area contributed by atoms with E-state index in [0.29, 0.717) is 17.8 Å². The first-order valence-corrected chi connectivity index (χ1v) is 7.13. The van der Waals surface area contributed by atoms with Crippen LogP contribution in [-0.2, 0) is 0 Å². The van der Waals surface area contributed by atoms with Gasteiger partial charge in [-0.3, -0.25) is 0 Å². The summed E-state index contributed by atoms with van der Waals surface area (Å²) in [6.07, 6.45) is 7.13. The van der Waals surface area contributed by atoms with E-state index >= 15 is 0 Å². The predicted octanol–water partition coefficient (Wildman–Crippen LogP) is 2.44. The molecule has 102 valence electrons. The number of rotatable bonds is 4. The summed E-state index contributed by atoms with van der Waals surface area (Å²) in [7, 11) is 0. The molecule has 1 aromatic rings. The van der Waals surface area contributed by atoms with Gasteiger partial charge in [0.05, 0.1) is 5.69 Å². The van der Waals surface area contributed by atoms with Crippen LogP contribution >= 0.6 is 0 Å². The van der Waals surface area contributed by atoms with Gasteiger partial charge in [-0.15, -0.1) is 0 Å². The lowest BCUT2D eigenvalue weighted by atomic mass is 9.90. The summed E-state index contributed by atoms with van der Waals surface area (Å²) < 4.78 is 0. The van der Waals surface area contributed by atoms with Crippen molar-refractivity contribution in [1.82, 2.24) is 4.98 Å². The second-order valence-corrected chi connectivity index (χ2v) is 5.24. The average Bonchev–Trinajstić information content (AvgIpc) is 2.46. The summed E-state index contributed by atoms with van der Waals surface area (Å²) in [5.41, 5.74) is 7.49. The molecule has 2 rings (SSSR count). The van der Waals surface area contributed by atoms with Gasteiger partial charge in [0.15, 0.2) is 5.69 Å². The van der Waals surface area contributed by atoms with Crippen molar-refractivity contribution in [3.05, 3.63) is 24.0 Å². The Balaban J connectivity index is 2.22. The van der Waals surface area contributed by atoms with Crippen molar-refractivity contribution in [1.29, 1.82) is 5.26 Å². The van der Waals surface area contributed by atoms with E-state index in [1.54, 1.807) is 6.20 Å². The maximum absolute atomic E-state index is 9.22. The fourth-order valence-corrected chi connectivity index (χ4v) is 2.87. The number of hydrogen-bond acceptors (Lipinski definition) is 4. The SMILES string of the molecule is CCCN(c1cccnc1C#N)C1CCC(N)CC1. The van der Waals surface area contributed by atoms with Gasteiger partial charge in [-0.05, 0) is 44.2 Å². The van der Waals surface area contributed by atoms with Crippen molar-refractivity contribution in [2.24, 2.45) is 5.73 Å². The highest BCUT2D eigenvalue weighted by atomic mass is 15.2. The normalized spacial score (nSPS) is 22.8. The van der Waals surface area contributed by atoms with Gasteiger partial charge in [0.25, 0.3) is 0 Å². The highest BCUT2D eigenvalue weighted by Crippen LogP contribution is 2.28. The van der Waals surface area contributed by atoms with E-state index in [1.165, 1.54) is 0 Å². The Kier molecular flexibility index (Phi) is 4.75. The molecule has 1 aliphatic carbocycles. The van der Waals surface area contributed by atoms with E-state index in [9.17, 15) is 5.26 Å². The first-order valence-electron chi connectivity index (χ1n) is 7.13. The molecule has 4 heteroatoms. The minimum absolute atomic E-state index is 0.351. The Hall–Kier alpha value is -1.60. The molecule has 0 aliphatic heterocycles. The second-order valence-electron chi connectivity index (χ2n) is 5.24. The van der Waals surface area contributed by atoms with Crippen LogP contribution in [0.4, 0.5) is 5.69 Å². The lowest BCUT2D eigenvalue weighted by Crippen LogP contribution is -2.41. The van der Waals surface area contributed by atoms with E-state index in [4.69, 9.17) is 5.73 Å². The number of pyridine rings is 1. The Morgan fingerprint density at radius 1 is 1.42 bits per heavy atom. The van der Waals surface area contributed by atoms with Gasteiger partial charge in [0.1, 0.15) is 6.07 Å². The Morgan fingerprint density at radius 2 is 2.16 bits per heavy atom. The molecule has 1 saturated carbocycles. The largest absolute Gasteiger partial charge is 0.366 e. The van der Waals surface area contributed by atoms with Crippen molar-refractivity contribution < 1.29 is 0 Å². The van der Waals surface area contributed by atoms with E-state index in [1.807, 2.05) is 12.1 Å². The quantitative estimate of drug-likeness (QED) is 0.900. The van der Waals surface area contributed by atoms with Crippen LogP contribution in [0.1, 0.15) is 44.7 Å². The molecule has 0 bridgehead atoms. The minimum atomic E-state index is 0.351. The van der Waals surface area contributed by atoms with Crippen molar-refractivity contribution in [2.45, 2.75) is 51.1 Å². The molecule has 0 aromatic carbocycles. The zero-order valence-electron chi connectivity index (χ0n) is 11.5. The molecule has 0 radical (unpaired) electrons. The van der Waals surface area contributed by atoms with Gasteiger partial charge in [0, 0.05) is 24.8 Å². The third-order valence-electron chi connectivity index (χ3n) is 3.85. The third-order valence-corrected chi connectivity index (χ3v) is 3.85. The first kappa shape index (κ1) is 13.8. The van der Waals surface area contributed by atoms with Gasteiger partial charge in [-0.2, -0.15) is 5.26 Å². The highest BCUT2D eigenvalue weighted by Gasteiger charge is 2.25. The van der Waals surface area contributed by atoms with Crippen LogP contribution in [0.25, 0.3) is 0 Å². The topological polar surface area (TPSA) is 65.9 Å². The number of anilines is 1. The molecule has 0 unspecified atom stereocenters. The Bertz CT molecular complexity index is 444. The summed E-state index contributed by atoms with van der Waals surface area (Å²) in [6, 6.07) is 6.97. The molecule has 1 aliphatic rings. The highest BCUT2D eigenvalue weighted by molar-refractivity contribution is 5.56. The Labute approximate surface area is 115 Å². The standard InChI is InChI=1S/C15H22N4/c1-2-10-19(13-7-5-12(17)6-8-13)15-4-3-9-18-14(15)11-16/h3-4,9,12-13H,2,5-8,10,17H2,1H3. The molecule has 1 fully saturated rings.